The second-order valence-corrected chi connectivity index (χ2v) is 7.40. The van der Waals surface area contributed by atoms with Crippen molar-refractivity contribution in [3.63, 3.8) is 0 Å². The number of nitrogens with zero attached hydrogens (tertiary/aromatic N) is 2. The molecule has 1 atom stereocenters. The first-order valence-corrected chi connectivity index (χ1v) is 10.4. The van der Waals surface area contributed by atoms with Crippen LogP contribution in [0, 0.1) is 0 Å². The van der Waals surface area contributed by atoms with Gasteiger partial charge in [-0.3, -0.25) is 4.79 Å². The Morgan fingerprint density at radius 3 is 2.03 bits per heavy atom. The quantitative estimate of drug-likeness (QED) is 0.479. The van der Waals surface area contributed by atoms with Crippen LogP contribution in [0.3, 0.4) is 0 Å². The van der Waals surface area contributed by atoms with Crippen molar-refractivity contribution in [2.24, 2.45) is 0 Å². The Hall–Kier alpha value is -3.01. The van der Waals surface area contributed by atoms with Crippen LogP contribution in [-0.2, 0) is 11.2 Å². The van der Waals surface area contributed by atoms with Gasteiger partial charge in [-0.15, -0.1) is 0 Å². The summed E-state index contributed by atoms with van der Waals surface area (Å²) in [5.74, 6) is -0.499. The summed E-state index contributed by atoms with van der Waals surface area (Å²) in [4.78, 5) is 20.6. The monoisotopic (exact) mass is 388 g/mol. The lowest BCUT2D eigenvalue weighted by atomic mass is 9.92. The van der Waals surface area contributed by atoms with E-state index in [1.807, 2.05) is 36.7 Å². The summed E-state index contributed by atoms with van der Waals surface area (Å²) in [5, 5.41) is 9.51. The summed E-state index contributed by atoms with van der Waals surface area (Å²) in [6.45, 7) is 4.25. The number of carboxylic acid groups (broad SMARTS) is 1. The van der Waals surface area contributed by atoms with Gasteiger partial charge in [-0.1, -0.05) is 81.6 Å². The van der Waals surface area contributed by atoms with Gasteiger partial charge in [0, 0.05) is 23.5 Å². The van der Waals surface area contributed by atoms with Gasteiger partial charge in [0.25, 0.3) is 0 Å². The second-order valence-electron chi connectivity index (χ2n) is 7.40. The van der Waals surface area contributed by atoms with Crippen LogP contribution < -0.4 is 0 Å². The normalized spacial score (nSPS) is 11.9. The van der Waals surface area contributed by atoms with Crippen molar-refractivity contribution in [2.45, 2.75) is 51.9 Å². The number of aryl methyl sites for hydroxylation is 1. The maximum atomic E-state index is 11.6. The van der Waals surface area contributed by atoms with Crippen LogP contribution in [0.4, 0.5) is 0 Å². The van der Waals surface area contributed by atoms with E-state index in [9.17, 15) is 9.90 Å². The van der Waals surface area contributed by atoms with Crippen molar-refractivity contribution in [1.29, 1.82) is 0 Å². The molecular formula is C25H28N2O2. The maximum Gasteiger partial charge on any atom is 0.310 e. The van der Waals surface area contributed by atoms with Crippen molar-refractivity contribution in [3.05, 3.63) is 72.1 Å². The van der Waals surface area contributed by atoms with Crippen LogP contribution in [0.2, 0.25) is 0 Å². The summed E-state index contributed by atoms with van der Waals surface area (Å²) >= 11 is 0. The SMILES string of the molecule is CCCCC(C(=O)O)c1ccc(-c2cnc(-c3ccc(CCC)cc3)nc2)cc1. The average molecular weight is 389 g/mol. The molecule has 0 aliphatic carbocycles. The van der Waals surface area contributed by atoms with E-state index in [0.29, 0.717) is 12.2 Å². The Bertz CT molecular complexity index is 917. The van der Waals surface area contributed by atoms with Gasteiger partial charge in [-0.2, -0.15) is 0 Å². The predicted octanol–water partition coefficient (Wildman–Crippen LogP) is 6.12. The van der Waals surface area contributed by atoms with E-state index in [2.05, 4.69) is 48.1 Å². The van der Waals surface area contributed by atoms with E-state index in [-0.39, 0.29) is 0 Å². The summed E-state index contributed by atoms with van der Waals surface area (Å²) in [7, 11) is 0. The number of carbonyl (C=O) groups is 1. The Kier molecular flexibility index (Phi) is 7.12. The average Bonchev–Trinajstić information content (AvgIpc) is 2.75. The van der Waals surface area contributed by atoms with E-state index in [0.717, 1.165) is 47.9 Å². The van der Waals surface area contributed by atoms with Gasteiger partial charge in [0.15, 0.2) is 5.82 Å². The molecule has 2 aromatic carbocycles. The highest BCUT2D eigenvalue weighted by molar-refractivity contribution is 5.76. The van der Waals surface area contributed by atoms with Crippen molar-refractivity contribution >= 4 is 5.97 Å². The Labute approximate surface area is 172 Å². The third-order valence-electron chi connectivity index (χ3n) is 5.19. The largest absolute Gasteiger partial charge is 0.481 e. The van der Waals surface area contributed by atoms with Crippen LogP contribution in [0.25, 0.3) is 22.5 Å². The zero-order valence-corrected chi connectivity index (χ0v) is 17.1. The first kappa shape index (κ1) is 20.7. The third-order valence-corrected chi connectivity index (χ3v) is 5.19. The molecule has 0 saturated carbocycles. The lowest BCUT2D eigenvalue weighted by Crippen LogP contribution is -2.11. The van der Waals surface area contributed by atoms with Crippen LogP contribution in [0.1, 0.15) is 56.6 Å². The van der Waals surface area contributed by atoms with Crippen LogP contribution in [-0.4, -0.2) is 21.0 Å². The number of hydrogen-bond acceptors (Lipinski definition) is 3. The molecule has 4 nitrogen and oxygen atoms in total. The van der Waals surface area contributed by atoms with E-state index < -0.39 is 11.9 Å². The molecule has 0 fully saturated rings. The first-order chi connectivity index (χ1) is 14.1. The minimum Gasteiger partial charge on any atom is -0.481 e. The number of rotatable bonds is 9. The molecule has 0 amide bonds. The predicted molar refractivity (Wildman–Crippen MR) is 117 cm³/mol. The molecule has 29 heavy (non-hydrogen) atoms. The van der Waals surface area contributed by atoms with Gasteiger partial charge in [-0.25, -0.2) is 9.97 Å². The highest BCUT2D eigenvalue weighted by atomic mass is 16.4. The molecule has 1 aromatic heterocycles. The molecule has 0 spiro atoms. The topological polar surface area (TPSA) is 63.1 Å². The second kappa shape index (κ2) is 9.97. The lowest BCUT2D eigenvalue weighted by Gasteiger charge is -2.13. The highest BCUT2D eigenvalue weighted by Gasteiger charge is 2.19. The first-order valence-electron chi connectivity index (χ1n) is 10.4. The zero-order valence-electron chi connectivity index (χ0n) is 17.1. The molecule has 0 aliphatic heterocycles. The number of unbranched alkanes of at least 4 members (excludes halogenated alkanes) is 1. The fourth-order valence-electron chi connectivity index (χ4n) is 3.48. The lowest BCUT2D eigenvalue weighted by molar-refractivity contribution is -0.139. The summed E-state index contributed by atoms with van der Waals surface area (Å²) in [6.07, 6.45) is 8.43. The molecule has 150 valence electrons. The molecule has 0 radical (unpaired) electrons. The maximum absolute atomic E-state index is 11.6. The van der Waals surface area contributed by atoms with Crippen molar-refractivity contribution < 1.29 is 9.90 Å². The molecular weight excluding hydrogens is 360 g/mol. The smallest absolute Gasteiger partial charge is 0.310 e. The molecule has 0 aliphatic rings. The van der Waals surface area contributed by atoms with Crippen molar-refractivity contribution in [2.75, 3.05) is 0 Å². The molecule has 1 unspecified atom stereocenters. The van der Waals surface area contributed by atoms with Gasteiger partial charge < -0.3 is 5.11 Å². The molecule has 3 aromatic rings. The Balaban J connectivity index is 1.75. The number of aromatic nitrogens is 2. The minimum atomic E-state index is -0.760. The molecule has 0 bridgehead atoms. The van der Waals surface area contributed by atoms with Gasteiger partial charge in [-0.05, 0) is 29.5 Å². The number of carboxylic acids is 1. The van der Waals surface area contributed by atoms with Crippen LogP contribution in [0.15, 0.2) is 60.9 Å². The van der Waals surface area contributed by atoms with Gasteiger partial charge in [0.05, 0.1) is 5.92 Å². The third kappa shape index (κ3) is 5.29. The van der Waals surface area contributed by atoms with E-state index >= 15 is 0 Å². The van der Waals surface area contributed by atoms with Crippen LogP contribution in [0.5, 0.6) is 0 Å². The fourth-order valence-corrected chi connectivity index (χ4v) is 3.48. The molecule has 0 saturated heterocycles. The Morgan fingerprint density at radius 1 is 0.862 bits per heavy atom. The van der Waals surface area contributed by atoms with E-state index in [4.69, 9.17) is 0 Å². The fraction of sp³-hybridized carbons (Fsp3) is 0.320. The minimum absolute atomic E-state index is 0.446. The number of aliphatic carboxylic acids is 1. The number of hydrogen-bond donors (Lipinski definition) is 1. The van der Waals surface area contributed by atoms with E-state index in [1.54, 1.807) is 0 Å². The van der Waals surface area contributed by atoms with Gasteiger partial charge >= 0.3 is 5.97 Å². The summed E-state index contributed by atoms with van der Waals surface area (Å²) < 4.78 is 0. The highest BCUT2D eigenvalue weighted by Crippen LogP contribution is 2.26. The molecule has 1 heterocycles. The summed E-state index contributed by atoms with van der Waals surface area (Å²) in [6, 6.07) is 16.1. The standard InChI is InChI=1S/C25H28N2O2/c1-3-5-7-23(25(28)29)20-14-12-19(13-15-20)22-16-26-24(27-17-22)21-10-8-18(6-4-2)9-11-21/h8-17,23H,3-7H2,1-2H3,(H,28,29). The van der Waals surface area contributed by atoms with Gasteiger partial charge in [0.2, 0.25) is 0 Å². The van der Waals surface area contributed by atoms with E-state index in [1.165, 1.54) is 5.56 Å². The summed E-state index contributed by atoms with van der Waals surface area (Å²) in [5.41, 5.74) is 5.08. The molecule has 4 heteroatoms. The molecule has 1 N–H and O–H groups in total. The van der Waals surface area contributed by atoms with Crippen molar-refractivity contribution in [3.8, 4) is 22.5 Å². The zero-order chi connectivity index (χ0) is 20.6. The Morgan fingerprint density at radius 2 is 1.48 bits per heavy atom. The number of benzene rings is 2. The van der Waals surface area contributed by atoms with Crippen molar-refractivity contribution in [1.82, 2.24) is 9.97 Å². The molecule has 3 rings (SSSR count). The van der Waals surface area contributed by atoms with Crippen LogP contribution >= 0.6 is 0 Å². The van der Waals surface area contributed by atoms with Gasteiger partial charge in [0.1, 0.15) is 0 Å².